The van der Waals surface area contributed by atoms with Gasteiger partial charge in [-0.3, -0.25) is 10.1 Å². The van der Waals surface area contributed by atoms with Crippen LogP contribution < -0.4 is 5.32 Å². The molecule has 0 bridgehead atoms. The Labute approximate surface area is 124 Å². The normalized spacial score (nSPS) is 38.2. The number of carbonyl (C=O) groups excluding carboxylic acids is 1. The minimum atomic E-state index is 0.0606. The lowest BCUT2D eigenvalue weighted by Crippen LogP contribution is -2.48. The summed E-state index contributed by atoms with van der Waals surface area (Å²) in [5.74, 6) is 2.22. The molecule has 5 atom stereocenters. The minimum absolute atomic E-state index is 0.0606. The smallest absolute Gasteiger partial charge is 0.241 e. The van der Waals surface area contributed by atoms with Crippen LogP contribution in [0.4, 0.5) is 0 Å². The van der Waals surface area contributed by atoms with Crippen LogP contribution in [0.15, 0.2) is 0 Å². The summed E-state index contributed by atoms with van der Waals surface area (Å²) in [5.41, 5.74) is 0. The molecular formula is C17H32N2O. The number of unbranched alkanes of at least 4 members (excludes halogenated alkanes) is 1. The van der Waals surface area contributed by atoms with E-state index >= 15 is 0 Å². The van der Waals surface area contributed by atoms with Crippen molar-refractivity contribution in [2.24, 2.45) is 17.8 Å². The highest BCUT2D eigenvalue weighted by molar-refractivity contribution is 5.84. The second kappa shape index (κ2) is 6.46. The minimum Gasteiger partial charge on any atom is -0.322 e. The van der Waals surface area contributed by atoms with Crippen molar-refractivity contribution in [2.75, 3.05) is 0 Å². The molecule has 0 aromatic carbocycles. The van der Waals surface area contributed by atoms with E-state index in [0.717, 1.165) is 25.2 Å². The first-order valence-electron chi connectivity index (χ1n) is 8.55. The van der Waals surface area contributed by atoms with Crippen LogP contribution >= 0.6 is 0 Å². The summed E-state index contributed by atoms with van der Waals surface area (Å²) in [6.45, 7) is 11.3. The third-order valence-corrected chi connectivity index (χ3v) is 5.48. The first kappa shape index (κ1) is 15.8. The van der Waals surface area contributed by atoms with Gasteiger partial charge in [-0.15, -0.1) is 0 Å². The summed E-state index contributed by atoms with van der Waals surface area (Å²) in [4.78, 5) is 15.1. The van der Waals surface area contributed by atoms with E-state index in [1.165, 1.54) is 12.8 Å². The number of hydrogen-bond acceptors (Lipinski definition) is 2. The zero-order valence-electron chi connectivity index (χ0n) is 13.9. The van der Waals surface area contributed by atoms with E-state index in [-0.39, 0.29) is 12.2 Å². The van der Waals surface area contributed by atoms with E-state index in [9.17, 15) is 4.79 Å². The highest BCUT2D eigenvalue weighted by atomic mass is 16.2. The summed E-state index contributed by atoms with van der Waals surface area (Å²) >= 11 is 0. The van der Waals surface area contributed by atoms with E-state index in [2.05, 4.69) is 44.8 Å². The van der Waals surface area contributed by atoms with Gasteiger partial charge in [0.15, 0.2) is 0 Å². The van der Waals surface area contributed by atoms with E-state index in [4.69, 9.17) is 0 Å². The van der Waals surface area contributed by atoms with Crippen LogP contribution in [0.1, 0.15) is 66.7 Å². The lowest BCUT2D eigenvalue weighted by molar-refractivity contribution is -0.133. The van der Waals surface area contributed by atoms with Crippen molar-refractivity contribution < 1.29 is 4.79 Å². The van der Waals surface area contributed by atoms with E-state index in [0.29, 0.717) is 23.8 Å². The van der Waals surface area contributed by atoms with Gasteiger partial charge < -0.3 is 4.90 Å². The lowest BCUT2D eigenvalue weighted by Gasteiger charge is -2.35. The predicted molar refractivity (Wildman–Crippen MR) is 83.3 cm³/mol. The summed E-state index contributed by atoms with van der Waals surface area (Å²) in [6.07, 6.45) is 5.97. The third kappa shape index (κ3) is 2.88. The van der Waals surface area contributed by atoms with E-state index in [1.54, 1.807) is 0 Å². The lowest BCUT2D eigenvalue weighted by atomic mass is 9.95. The molecule has 0 aromatic rings. The maximum atomic E-state index is 12.8. The van der Waals surface area contributed by atoms with Gasteiger partial charge in [-0.25, -0.2) is 0 Å². The van der Waals surface area contributed by atoms with E-state index < -0.39 is 0 Å². The highest BCUT2D eigenvalue weighted by Crippen LogP contribution is 2.38. The van der Waals surface area contributed by atoms with Crippen molar-refractivity contribution in [1.82, 2.24) is 10.2 Å². The molecule has 3 nitrogen and oxygen atoms in total. The van der Waals surface area contributed by atoms with Gasteiger partial charge in [0.05, 0.1) is 12.2 Å². The molecule has 5 unspecified atom stereocenters. The molecule has 116 valence electrons. The fourth-order valence-electron chi connectivity index (χ4n) is 3.90. The Morgan fingerprint density at radius 1 is 1.30 bits per heavy atom. The summed E-state index contributed by atoms with van der Waals surface area (Å²) in [5, 5.41) is 3.61. The van der Waals surface area contributed by atoms with Gasteiger partial charge in [-0.2, -0.15) is 0 Å². The predicted octanol–water partition coefficient (Wildman–Crippen LogP) is 3.39. The van der Waals surface area contributed by atoms with Gasteiger partial charge in [-0.1, -0.05) is 47.5 Å². The Morgan fingerprint density at radius 3 is 2.50 bits per heavy atom. The van der Waals surface area contributed by atoms with Crippen LogP contribution in [0.3, 0.4) is 0 Å². The van der Waals surface area contributed by atoms with Gasteiger partial charge >= 0.3 is 0 Å². The van der Waals surface area contributed by atoms with Gasteiger partial charge in [0.1, 0.15) is 0 Å². The molecule has 2 rings (SSSR count). The molecule has 20 heavy (non-hydrogen) atoms. The Morgan fingerprint density at radius 2 is 2.00 bits per heavy atom. The third-order valence-electron chi connectivity index (χ3n) is 5.48. The van der Waals surface area contributed by atoms with E-state index in [1.807, 2.05) is 0 Å². The average molecular weight is 280 g/mol. The molecule has 1 amide bonds. The number of nitrogens with zero attached hydrogens (tertiary/aromatic N) is 1. The standard InChI is InChI=1S/C17H32N2O/c1-6-7-8-14-17(20)19(16(18-14)11(2)3)15-10-9-12(4)13(15)5/h11-16,18H,6-10H2,1-5H3. The monoisotopic (exact) mass is 280 g/mol. The molecule has 0 radical (unpaired) electrons. The Balaban J connectivity index is 2.13. The SMILES string of the molecule is CCCCC1NC(C(C)C)N(C2CCC(C)C2C)C1=O. The molecule has 2 fully saturated rings. The fourth-order valence-corrected chi connectivity index (χ4v) is 3.90. The molecular weight excluding hydrogens is 248 g/mol. The number of rotatable bonds is 5. The Kier molecular flexibility index (Phi) is 5.11. The molecule has 1 saturated heterocycles. The van der Waals surface area contributed by atoms with Crippen molar-refractivity contribution in [3.05, 3.63) is 0 Å². The van der Waals surface area contributed by atoms with Crippen molar-refractivity contribution >= 4 is 5.91 Å². The zero-order chi connectivity index (χ0) is 14.9. The second-order valence-electron chi connectivity index (χ2n) is 7.28. The fraction of sp³-hybridized carbons (Fsp3) is 0.941. The quantitative estimate of drug-likeness (QED) is 0.837. The molecule has 1 aliphatic carbocycles. The van der Waals surface area contributed by atoms with Crippen LogP contribution in [0.25, 0.3) is 0 Å². The molecule has 0 aromatic heterocycles. The summed E-state index contributed by atoms with van der Waals surface area (Å²) in [6, 6.07) is 0.509. The first-order valence-corrected chi connectivity index (χ1v) is 8.55. The maximum Gasteiger partial charge on any atom is 0.241 e. The molecule has 3 heteroatoms. The van der Waals surface area contributed by atoms with Gasteiger partial charge in [0.2, 0.25) is 5.91 Å². The topological polar surface area (TPSA) is 32.3 Å². The molecule has 2 aliphatic rings. The Hall–Kier alpha value is -0.570. The van der Waals surface area contributed by atoms with Crippen LogP contribution in [0, 0.1) is 17.8 Å². The van der Waals surface area contributed by atoms with Crippen molar-refractivity contribution in [3.8, 4) is 0 Å². The maximum absolute atomic E-state index is 12.8. The number of amides is 1. The zero-order valence-corrected chi connectivity index (χ0v) is 13.9. The van der Waals surface area contributed by atoms with Crippen LogP contribution in [-0.2, 0) is 4.79 Å². The summed E-state index contributed by atoms with van der Waals surface area (Å²) in [7, 11) is 0. The van der Waals surface area contributed by atoms with Crippen LogP contribution in [0.5, 0.6) is 0 Å². The number of hydrogen-bond donors (Lipinski definition) is 1. The molecule has 1 heterocycles. The summed E-state index contributed by atoms with van der Waals surface area (Å²) < 4.78 is 0. The van der Waals surface area contributed by atoms with Crippen molar-refractivity contribution in [3.63, 3.8) is 0 Å². The molecule has 1 N–H and O–H groups in total. The number of carbonyl (C=O) groups is 1. The highest BCUT2D eigenvalue weighted by Gasteiger charge is 2.46. The second-order valence-corrected chi connectivity index (χ2v) is 7.28. The Bertz CT molecular complexity index is 342. The molecule has 0 spiro atoms. The van der Waals surface area contributed by atoms with Gasteiger partial charge in [0.25, 0.3) is 0 Å². The average Bonchev–Trinajstić information content (AvgIpc) is 2.89. The van der Waals surface area contributed by atoms with Gasteiger partial charge in [0, 0.05) is 6.04 Å². The van der Waals surface area contributed by atoms with Crippen LogP contribution in [-0.4, -0.2) is 29.1 Å². The first-order chi connectivity index (χ1) is 9.47. The van der Waals surface area contributed by atoms with Gasteiger partial charge in [-0.05, 0) is 37.0 Å². The number of nitrogens with one attached hydrogen (secondary N) is 1. The van der Waals surface area contributed by atoms with Crippen molar-refractivity contribution in [1.29, 1.82) is 0 Å². The van der Waals surface area contributed by atoms with Crippen molar-refractivity contribution in [2.45, 2.75) is 85.0 Å². The molecule has 1 saturated carbocycles. The largest absolute Gasteiger partial charge is 0.322 e. The molecule has 1 aliphatic heterocycles. The van der Waals surface area contributed by atoms with Crippen LogP contribution in [0.2, 0.25) is 0 Å².